The first-order valence-electron chi connectivity index (χ1n) is 9.99. The molecule has 2 aromatic carbocycles. The topological polar surface area (TPSA) is 105 Å². The zero-order valence-corrected chi connectivity index (χ0v) is 19.1. The van der Waals surface area contributed by atoms with Crippen LogP contribution in [-0.4, -0.2) is 44.2 Å². The molecular formula is C22H27N3O5S. The molecule has 1 aliphatic heterocycles. The van der Waals surface area contributed by atoms with Gasteiger partial charge in [0.05, 0.1) is 17.1 Å². The fourth-order valence-electron chi connectivity index (χ4n) is 3.36. The van der Waals surface area contributed by atoms with Gasteiger partial charge in [0, 0.05) is 18.8 Å². The maximum Gasteiger partial charge on any atom is 0.265 e. The third-order valence-electron chi connectivity index (χ3n) is 5.40. The largest absolute Gasteiger partial charge is 0.478 e. The molecule has 31 heavy (non-hydrogen) atoms. The highest BCUT2D eigenvalue weighted by molar-refractivity contribution is 7.89. The highest BCUT2D eigenvalue weighted by Gasteiger charge is 2.31. The van der Waals surface area contributed by atoms with Crippen LogP contribution >= 0.6 is 0 Å². The molecule has 0 aromatic heterocycles. The lowest BCUT2D eigenvalue weighted by Crippen LogP contribution is -2.37. The van der Waals surface area contributed by atoms with Gasteiger partial charge >= 0.3 is 0 Å². The second kappa shape index (κ2) is 8.68. The first-order chi connectivity index (χ1) is 14.5. The van der Waals surface area contributed by atoms with E-state index in [9.17, 15) is 18.0 Å². The van der Waals surface area contributed by atoms with E-state index >= 15 is 0 Å². The molecule has 0 bridgehead atoms. The van der Waals surface area contributed by atoms with Crippen molar-refractivity contribution >= 4 is 33.2 Å². The van der Waals surface area contributed by atoms with Crippen LogP contribution in [0.4, 0.5) is 11.4 Å². The van der Waals surface area contributed by atoms with E-state index in [1.807, 2.05) is 32.9 Å². The molecule has 2 N–H and O–H groups in total. The second-order valence-electron chi connectivity index (χ2n) is 7.67. The number of nitrogens with zero attached hydrogens (tertiary/aromatic N) is 1. The van der Waals surface area contributed by atoms with Gasteiger partial charge in [-0.2, -0.15) is 4.31 Å². The van der Waals surface area contributed by atoms with Crippen LogP contribution in [0.2, 0.25) is 0 Å². The van der Waals surface area contributed by atoms with Crippen molar-refractivity contribution in [3.05, 3.63) is 47.0 Å². The van der Waals surface area contributed by atoms with Crippen LogP contribution in [0.15, 0.2) is 35.2 Å². The minimum Gasteiger partial charge on any atom is -0.478 e. The number of amides is 2. The Morgan fingerprint density at radius 2 is 1.90 bits per heavy atom. The first-order valence-corrected chi connectivity index (χ1v) is 11.4. The lowest BCUT2D eigenvalue weighted by Gasteiger charge is -2.27. The maximum atomic E-state index is 13.2. The highest BCUT2D eigenvalue weighted by Crippen LogP contribution is 2.35. The lowest BCUT2D eigenvalue weighted by atomic mass is 10.1. The van der Waals surface area contributed by atoms with Gasteiger partial charge in [-0.15, -0.1) is 0 Å². The Morgan fingerprint density at radius 3 is 2.58 bits per heavy atom. The Balaban J connectivity index is 1.81. The number of hydrogen-bond donors (Lipinski definition) is 2. The van der Waals surface area contributed by atoms with Crippen LogP contribution in [0.5, 0.6) is 5.75 Å². The van der Waals surface area contributed by atoms with Crippen molar-refractivity contribution in [2.45, 2.75) is 45.1 Å². The van der Waals surface area contributed by atoms with Gasteiger partial charge in [0.25, 0.3) is 5.91 Å². The molecule has 0 spiro atoms. The SMILES string of the molecule is CC[C@H]1Oc2cc(S(=O)(=O)N(C)CC(=O)Nc3cccc(C)c3C)c(C)cc2NC1=O. The van der Waals surface area contributed by atoms with E-state index in [0.29, 0.717) is 29.1 Å². The summed E-state index contributed by atoms with van der Waals surface area (Å²) in [5.41, 5.74) is 3.48. The quantitative estimate of drug-likeness (QED) is 0.711. The predicted molar refractivity (Wildman–Crippen MR) is 119 cm³/mol. The van der Waals surface area contributed by atoms with Crippen molar-refractivity contribution in [1.82, 2.24) is 4.31 Å². The average molecular weight is 446 g/mol. The molecular weight excluding hydrogens is 418 g/mol. The summed E-state index contributed by atoms with van der Waals surface area (Å²) >= 11 is 0. The monoisotopic (exact) mass is 445 g/mol. The smallest absolute Gasteiger partial charge is 0.265 e. The molecule has 0 unspecified atom stereocenters. The van der Waals surface area contributed by atoms with Crippen molar-refractivity contribution < 1.29 is 22.7 Å². The van der Waals surface area contributed by atoms with Gasteiger partial charge in [-0.1, -0.05) is 19.1 Å². The molecule has 0 saturated carbocycles. The van der Waals surface area contributed by atoms with E-state index in [0.717, 1.165) is 15.4 Å². The van der Waals surface area contributed by atoms with E-state index in [1.54, 1.807) is 19.1 Å². The zero-order valence-electron chi connectivity index (χ0n) is 18.3. The summed E-state index contributed by atoms with van der Waals surface area (Å²) < 4.78 is 33.0. The number of carbonyl (C=O) groups is 2. The van der Waals surface area contributed by atoms with Gasteiger partial charge in [0.1, 0.15) is 5.75 Å². The number of likely N-dealkylation sites (N-methyl/N-ethyl adjacent to an activating group) is 1. The third kappa shape index (κ3) is 4.57. The number of hydrogen-bond acceptors (Lipinski definition) is 5. The Labute approximate surface area is 182 Å². The Hall–Kier alpha value is -2.91. The zero-order chi connectivity index (χ0) is 22.9. The number of anilines is 2. The molecule has 0 radical (unpaired) electrons. The van der Waals surface area contributed by atoms with Gasteiger partial charge < -0.3 is 15.4 Å². The van der Waals surface area contributed by atoms with Crippen LogP contribution in [0.1, 0.15) is 30.0 Å². The average Bonchev–Trinajstić information content (AvgIpc) is 2.70. The summed E-state index contributed by atoms with van der Waals surface area (Å²) in [6.45, 7) is 6.93. The van der Waals surface area contributed by atoms with Gasteiger partial charge in [0.2, 0.25) is 15.9 Å². The van der Waals surface area contributed by atoms with Gasteiger partial charge in [-0.3, -0.25) is 9.59 Å². The molecule has 0 saturated heterocycles. The molecule has 0 fully saturated rings. The molecule has 1 aliphatic rings. The highest BCUT2D eigenvalue weighted by atomic mass is 32.2. The van der Waals surface area contributed by atoms with Gasteiger partial charge in [-0.05, 0) is 56.0 Å². The van der Waals surface area contributed by atoms with Crippen LogP contribution in [0, 0.1) is 20.8 Å². The summed E-state index contributed by atoms with van der Waals surface area (Å²) in [6.07, 6.45) is -0.216. The number of nitrogens with one attached hydrogen (secondary N) is 2. The molecule has 2 amide bonds. The standard InChI is InChI=1S/C22H27N3O5S/c1-6-18-22(27)24-17-10-14(3)20(11-19(17)30-18)31(28,29)25(5)12-21(26)23-16-9-7-8-13(2)15(16)4/h7-11,18H,6,12H2,1-5H3,(H,23,26)(H,24,27)/t18-/m1/s1. The summed E-state index contributed by atoms with van der Waals surface area (Å²) in [4.78, 5) is 24.5. The predicted octanol–water partition coefficient (Wildman–Crippen LogP) is 2.98. The van der Waals surface area contributed by atoms with Crippen molar-refractivity contribution in [2.75, 3.05) is 24.2 Å². The Morgan fingerprint density at radius 1 is 1.19 bits per heavy atom. The molecule has 1 heterocycles. The number of aryl methyl sites for hydroxylation is 2. The lowest BCUT2D eigenvalue weighted by molar-refractivity contribution is -0.123. The molecule has 8 nitrogen and oxygen atoms in total. The van der Waals surface area contributed by atoms with Gasteiger partial charge in [-0.25, -0.2) is 8.42 Å². The first kappa shape index (κ1) is 22.8. The summed E-state index contributed by atoms with van der Waals surface area (Å²) in [6, 6.07) is 8.51. The third-order valence-corrected chi connectivity index (χ3v) is 7.35. The van der Waals surface area contributed by atoms with Crippen LogP contribution in [0.25, 0.3) is 0 Å². The number of benzene rings is 2. The molecule has 2 aromatic rings. The molecule has 166 valence electrons. The van der Waals surface area contributed by atoms with Crippen LogP contribution < -0.4 is 15.4 Å². The van der Waals surface area contributed by atoms with Crippen molar-refractivity contribution in [2.24, 2.45) is 0 Å². The van der Waals surface area contributed by atoms with Crippen LogP contribution in [0.3, 0.4) is 0 Å². The number of ether oxygens (including phenoxy) is 1. The molecule has 0 aliphatic carbocycles. The second-order valence-corrected chi connectivity index (χ2v) is 9.69. The van der Waals surface area contributed by atoms with Crippen molar-refractivity contribution in [1.29, 1.82) is 0 Å². The van der Waals surface area contributed by atoms with E-state index < -0.39 is 22.0 Å². The van der Waals surface area contributed by atoms with E-state index in [1.165, 1.54) is 13.1 Å². The number of carbonyl (C=O) groups excluding carboxylic acids is 2. The minimum absolute atomic E-state index is 0.0271. The summed E-state index contributed by atoms with van der Waals surface area (Å²) in [7, 11) is -2.61. The van der Waals surface area contributed by atoms with E-state index in [-0.39, 0.29) is 17.3 Å². The maximum absolute atomic E-state index is 13.2. The molecule has 1 atom stereocenters. The number of sulfonamides is 1. The fraction of sp³-hybridized carbons (Fsp3) is 0.364. The van der Waals surface area contributed by atoms with Gasteiger partial charge in [0.15, 0.2) is 6.10 Å². The van der Waals surface area contributed by atoms with E-state index in [4.69, 9.17) is 4.74 Å². The van der Waals surface area contributed by atoms with E-state index in [2.05, 4.69) is 10.6 Å². The summed E-state index contributed by atoms with van der Waals surface area (Å²) in [5.74, 6) is -0.404. The Kier molecular flexibility index (Phi) is 6.38. The molecule has 3 rings (SSSR count). The molecule has 9 heteroatoms. The minimum atomic E-state index is -3.97. The Bertz CT molecular complexity index is 1140. The normalized spacial score (nSPS) is 15.8. The fourth-order valence-corrected chi connectivity index (χ4v) is 4.71. The number of rotatable bonds is 6. The van der Waals surface area contributed by atoms with Crippen LogP contribution in [-0.2, 0) is 19.6 Å². The summed E-state index contributed by atoms with van der Waals surface area (Å²) in [5, 5.41) is 5.51. The number of fused-ring (bicyclic) bond motifs is 1. The van der Waals surface area contributed by atoms with Crippen molar-refractivity contribution in [3.63, 3.8) is 0 Å². The van der Waals surface area contributed by atoms with Crippen molar-refractivity contribution in [3.8, 4) is 5.75 Å².